The number of hydrogen-bond donors (Lipinski definition) is 3. The number of aliphatic hydroxyl groups excluding tert-OH is 2. The molecule has 0 aromatic heterocycles. The van der Waals surface area contributed by atoms with E-state index in [1.807, 2.05) is 18.2 Å². The van der Waals surface area contributed by atoms with Crippen molar-refractivity contribution in [2.45, 2.75) is 58.2 Å². The van der Waals surface area contributed by atoms with Crippen LogP contribution in [0.15, 0.2) is 40.9 Å². The monoisotopic (exact) mass is 416 g/mol. The van der Waals surface area contributed by atoms with Crippen molar-refractivity contribution >= 4 is 30.0 Å². The number of nitrogen functional groups attached to an aromatic ring is 1. The maximum absolute atomic E-state index is 9.46. The van der Waals surface area contributed by atoms with E-state index in [1.165, 1.54) is 16.7 Å². The average molecular weight is 417 g/mol. The highest BCUT2D eigenvalue weighted by atomic mass is 79.9. The first-order valence-corrected chi connectivity index (χ1v) is 9.32. The Morgan fingerprint density at radius 3 is 1.96 bits per heavy atom. The van der Waals surface area contributed by atoms with Crippen molar-refractivity contribution in [3.05, 3.63) is 63.1 Å². The van der Waals surface area contributed by atoms with Gasteiger partial charge in [0.2, 0.25) is 0 Å². The molecule has 0 heterocycles. The van der Waals surface area contributed by atoms with E-state index in [0.29, 0.717) is 0 Å². The second-order valence-corrected chi connectivity index (χ2v) is 7.51. The first kappa shape index (κ1) is 22.7. The Morgan fingerprint density at radius 2 is 1.35 bits per heavy atom. The summed E-state index contributed by atoms with van der Waals surface area (Å²) in [7, 11) is 0. The van der Waals surface area contributed by atoms with E-state index in [0.717, 1.165) is 54.2 Å². The molecule has 3 radical (unpaired) electrons. The third-order valence-electron chi connectivity index (χ3n) is 4.90. The Bertz CT molecular complexity index is 662. The van der Waals surface area contributed by atoms with Gasteiger partial charge < -0.3 is 15.9 Å². The van der Waals surface area contributed by atoms with Crippen LogP contribution in [-0.4, -0.2) is 30.8 Å². The van der Waals surface area contributed by atoms with Crippen LogP contribution in [-0.2, 0) is 25.7 Å². The first-order valence-electron chi connectivity index (χ1n) is 8.53. The lowest BCUT2D eigenvalue weighted by atomic mass is 9.89. The summed E-state index contributed by atoms with van der Waals surface area (Å²) in [5.74, 6) is 0. The van der Waals surface area contributed by atoms with Crippen molar-refractivity contribution in [1.29, 1.82) is 0 Å². The molecule has 0 spiro atoms. The highest BCUT2D eigenvalue weighted by molar-refractivity contribution is 9.10. The zero-order valence-corrected chi connectivity index (χ0v) is 15.9. The summed E-state index contributed by atoms with van der Waals surface area (Å²) in [5.41, 5.74) is 11.7. The molecule has 4 rings (SSSR count). The van der Waals surface area contributed by atoms with E-state index in [4.69, 9.17) is 5.73 Å². The van der Waals surface area contributed by atoms with Gasteiger partial charge in [0.05, 0.1) is 12.2 Å². The molecule has 4 N–H and O–H groups in total. The Hall–Kier alpha value is -1.30. The summed E-state index contributed by atoms with van der Waals surface area (Å²) in [4.78, 5) is 0. The van der Waals surface area contributed by atoms with E-state index in [-0.39, 0.29) is 28.0 Å². The van der Waals surface area contributed by atoms with Gasteiger partial charge in [0.15, 0.2) is 0 Å². The zero-order chi connectivity index (χ0) is 17.1. The van der Waals surface area contributed by atoms with E-state index in [1.54, 1.807) is 0 Å². The van der Waals surface area contributed by atoms with Gasteiger partial charge in [-0.25, -0.2) is 0 Å². The molecule has 2 aliphatic carbocycles. The summed E-state index contributed by atoms with van der Waals surface area (Å²) in [5, 5.41) is 18.9. The summed E-state index contributed by atoms with van der Waals surface area (Å²) in [6.45, 7) is 0. The summed E-state index contributed by atoms with van der Waals surface area (Å²) >= 11 is 3.50. The minimum absolute atomic E-state index is 0. The van der Waals surface area contributed by atoms with Crippen LogP contribution in [0, 0.1) is 0 Å². The minimum Gasteiger partial charge on any atom is -0.398 e. The van der Waals surface area contributed by atoms with Crippen molar-refractivity contribution in [2.75, 3.05) is 5.73 Å². The van der Waals surface area contributed by atoms with Gasteiger partial charge in [0, 0.05) is 25.0 Å². The number of anilines is 1. The molecule has 2 aromatic carbocycles. The van der Waals surface area contributed by atoms with Gasteiger partial charge in [-0.15, -0.1) is 0 Å². The number of halogens is 1. The Morgan fingerprint density at radius 1 is 0.846 bits per heavy atom. The van der Waals surface area contributed by atoms with Crippen molar-refractivity contribution < 1.29 is 10.2 Å². The fraction of sp³-hybridized carbons (Fsp3) is 0.429. The van der Waals surface area contributed by atoms with Crippen molar-refractivity contribution in [3.8, 4) is 0 Å². The molecule has 5 heteroatoms. The third kappa shape index (κ3) is 5.35. The molecule has 0 unspecified atom stereocenters. The summed E-state index contributed by atoms with van der Waals surface area (Å²) < 4.78 is 1.14. The molecule has 2 aromatic rings. The maximum atomic E-state index is 9.46. The molecule has 0 aliphatic heterocycles. The number of hydrogen-bond acceptors (Lipinski definition) is 3. The number of nitrogens with two attached hydrogens (primary N) is 1. The molecular formula is C21H28BBrNO2. The van der Waals surface area contributed by atoms with Crippen LogP contribution in [0.4, 0.5) is 5.69 Å². The normalized spacial score (nSPS) is 20.3. The molecule has 0 bridgehead atoms. The molecule has 2 atom stereocenters. The molecular weight excluding hydrogens is 389 g/mol. The summed E-state index contributed by atoms with van der Waals surface area (Å²) in [6.07, 6.45) is 4.94. The van der Waals surface area contributed by atoms with Gasteiger partial charge >= 0.3 is 0 Å². The van der Waals surface area contributed by atoms with Gasteiger partial charge in [-0.3, -0.25) is 0 Å². The topological polar surface area (TPSA) is 66.5 Å². The third-order valence-corrected chi connectivity index (χ3v) is 5.64. The molecule has 2 aliphatic rings. The number of fused-ring (bicyclic) bond motifs is 2. The SMILES string of the molecule is C.Nc1cccc2c1C[C@H](O)CC2.O[C@@H]1CCc2cccc(Br)c2C1.[B]. The van der Waals surface area contributed by atoms with Gasteiger partial charge in [0.1, 0.15) is 0 Å². The van der Waals surface area contributed by atoms with E-state index >= 15 is 0 Å². The van der Waals surface area contributed by atoms with Crippen LogP contribution in [0.2, 0.25) is 0 Å². The highest BCUT2D eigenvalue weighted by Gasteiger charge is 2.18. The van der Waals surface area contributed by atoms with Gasteiger partial charge in [-0.2, -0.15) is 0 Å². The number of rotatable bonds is 0. The predicted molar refractivity (Wildman–Crippen MR) is 114 cm³/mol. The molecule has 139 valence electrons. The first-order chi connectivity index (χ1) is 11.5. The number of benzene rings is 2. The molecule has 0 saturated heterocycles. The highest BCUT2D eigenvalue weighted by Crippen LogP contribution is 2.28. The smallest absolute Gasteiger partial charge is 0.0584 e. The number of aliphatic hydroxyl groups is 2. The second-order valence-electron chi connectivity index (χ2n) is 6.66. The average Bonchev–Trinajstić information content (AvgIpc) is 2.57. The minimum atomic E-state index is -0.192. The molecule has 3 nitrogen and oxygen atoms in total. The lowest BCUT2D eigenvalue weighted by molar-refractivity contribution is 0.158. The van der Waals surface area contributed by atoms with Crippen LogP contribution in [0.1, 0.15) is 42.5 Å². The van der Waals surface area contributed by atoms with E-state index in [9.17, 15) is 10.2 Å². The fourth-order valence-corrected chi connectivity index (χ4v) is 4.09. The largest absolute Gasteiger partial charge is 0.398 e. The van der Waals surface area contributed by atoms with Gasteiger partial charge in [-0.05, 0) is 66.5 Å². The fourth-order valence-electron chi connectivity index (χ4n) is 3.52. The van der Waals surface area contributed by atoms with Crippen molar-refractivity contribution in [2.24, 2.45) is 0 Å². The van der Waals surface area contributed by atoms with E-state index in [2.05, 4.69) is 34.1 Å². The quantitative estimate of drug-likeness (QED) is 0.453. The lowest BCUT2D eigenvalue weighted by Gasteiger charge is -2.21. The van der Waals surface area contributed by atoms with Crippen LogP contribution < -0.4 is 5.73 Å². The van der Waals surface area contributed by atoms with Crippen LogP contribution >= 0.6 is 15.9 Å². The van der Waals surface area contributed by atoms with Crippen molar-refractivity contribution in [1.82, 2.24) is 0 Å². The molecule has 0 fully saturated rings. The number of aryl methyl sites for hydroxylation is 2. The van der Waals surface area contributed by atoms with Gasteiger partial charge in [-0.1, -0.05) is 47.6 Å². The maximum Gasteiger partial charge on any atom is 0.0584 e. The molecule has 26 heavy (non-hydrogen) atoms. The predicted octanol–water partition coefficient (Wildman–Crippen LogP) is 3.67. The van der Waals surface area contributed by atoms with E-state index < -0.39 is 0 Å². The van der Waals surface area contributed by atoms with Crippen LogP contribution in [0.5, 0.6) is 0 Å². The van der Waals surface area contributed by atoms with Crippen LogP contribution in [0.25, 0.3) is 0 Å². The summed E-state index contributed by atoms with van der Waals surface area (Å²) in [6, 6.07) is 12.2. The standard InChI is InChI=1S/C10H11BrO.C10H13NO.CH4.B/c2*11-10-3-1-2-7-4-5-8(12)6-9(7)10;;/h1-3,8,12H,4-6H2;1-3,8,12H,4-6,11H2;1H4;/t2*8-;;/m11../s1. The van der Waals surface area contributed by atoms with Crippen molar-refractivity contribution in [3.63, 3.8) is 0 Å². The van der Waals surface area contributed by atoms with Gasteiger partial charge in [0.25, 0.3) is 0 Å². The lowest BCUT2D eigenvalue weighted by Crippen LogP contribution is -2.19. The van der Waals surface area contributed by atoms with Crippen LogP contribution in [0.3, 0.4) is 0 Å². The zero-order valence-electron chi connectivity index (χ0n) is 14.3. The Balaban J connectivity index is 0.000000241. The second kappa shape index (κ2) is 10.1. The Kier molecular flexibility index (Phi) is 8.88. The Labute approximate surface area is 167 Å². The molecule has 0 amide bonds. The molecule has 0 saturated carbocycles.